The summed E-state index contributed by atoms with van der Waals surface area (Å²) in [6, 6.07) is 0.872. The molecule has 0 spiro atoms. The van der Waals surface area contributed by atoms with Crippen molar-refractivity contribution in [2.24, 2.45) is 0 Å². The lowest BCUT2D eigenvalue weighted by molar-refractivity contribution is 0.0937. The Kier molecular flexibility index (Phi) is 3.27. The van der Waals surface area contributed by atoms with Gasteiger partial charge in [-0.15, -0.1) is 0 Å². The van der Waals surface area contributed by atoms with Crippen LogP contribution in [0.2, 0.25) is 0 Å². The third-order valence-corrected chi connectivity index (χ3v) is 3.48. The highest BCUT2D eigenvalue weighted by molar-refractivity contribution is 5.90. The molecule has 98 valence electrons. The van der Waals surface area contributed by atoms with Crippen molar-refractivity contribution >= 4 is 5.91 Å². The van der Waals surface area contributed by atoms with E-state index in [4.69, 9.17) is 4.52 Å². The zero-order chi connectivity index (χ0) is 12.4. The minimum atomic E-state index is -0.228. The molecule has 1 aromatic heterocycles. The van der Waals surface area contributed by atoms with Crippen molar-refractivity contribution in [2.75, 3.05) is 0 Å². The van der Waals surface area contributed by atoms with Crippen LogP contribution in [0.15, 0.2) is 4.52 Å². The number of rotatable bonds is 5. The zero-order valence-electron chi connectivity index (χ0n) is 10.3. The number of hydrogen-bond acceptors (Lipinski definition) is 5. The molecule has 0 bridgehead atoms. The fraction of sp³-hybridized carbons (Fsp3) is 0.750. The van der Waals surface area contributed by atoms with Gasteiger partial charge >= 0.3 is 0 Å². The molecular formula is C12H18N4O2. The number of carbonyl (C=O) groups excluding carboxylic acids is 1. The molecule has 3 rings (SSSR count). The summed E-state index contributed by atoms with van der Waals surface area (Å²) < 4.78 is 5.06. The van der Waals surface area contributed by atoms with Crippen LogP contribution in [0.1, 0.15) is 55.0 Å². The lowest BCUT2D eigenvalue weighted by Crippen LogP contribution is -2.27. The monoisotopic (exact) mass is 250 g/mol. The Bertz CT molecular complexity index is 421. The van der Waals surface area contributed by atoms with Gasteiger partial charge in [-0.25, -0.2) is 0 Å². The van der Waals surface area contributed by atoms with Gasteiger partial charge in [-0.3, -0.25) is 4.79 Å². The second-order valence-electron chi connectivity index (χ2n) is 5.12. The minimum Gasteiger partial charge on any atom is -0.346 e. The number of carbonyl (C=O) groups is 1. The van der Waals surface area contributed by atoms with Crippen LogP contribution in [0.25, 0.3) is 0 Å². The maximum atomic E-state index is 11.7. The van der Waals surface area contributed by atoms with Crippen LogP contribution < -0.4 is 10.6 Å². The van der Waals surface area contributed by atoms with Gasteiger partial charge < -0.3 is 15.2 Å². The van der Waals surface area contributed by atoms with E-state index in [0.29, 0.717) is 24.5 Å². The molecule has 18 heavy (non-hydrogen) atoms. The number of aromatic nitrogens is 2. The Morgan fingerprint density at radius 2 is 2.00 bits per heavy atom. The van der Waals surface area contributed by atoms with E-state index >= 15 is 0 Å². The summed E-state index contributed by atoms with van der Waals surface area (Å²) in [5.41, 5.74) is 0. The third-order valence-electron chi connectivity index (χ3n) is 3.48. The summed E-state index contributed by atoms with van der Waals surface area (Å²) in [4.78, 5) is 15.8. The SMILES string of the molecule is O=C(NC1CC1)c1noc(CNC2CCCC2)n1. The second kappa shape index (κ2) is 5.06. The molecule has 2 saturated carbocycles. The Labute approximate surface area is 106 Å². The molecule has 0 aliphatic heterocycles. The molecule has 2 fully saturated rings. The largest absolute Gasteiger partial charge is 0.346 e. The fourth-order valence-electron chi connectivity index (χ4n) is 2.26. The van der Waals surface area contributed by atoms with Crippen LogP contribution in [0.5, 0.6) is 0 Å². The van der Waals surface area contributed by atoms with E-state index in [0.717, 1.165) is 12.8 Å². The first-order chi connectivity index (χ1) is 8.81. The maximum absolute atomic E-state index is 11.7. The lowest BCUT2D eigenvalue weighted by atomic mass is 10.2. The van der Waals surface area contributed by atoms with Gasteiger partial charge in [-0.05, 0) is 25.7 Å². The summed E-state index contributed by atoms with van der Waals surface area (Å²) in [7, 11) is 0. The normalized spacial score (nSPS) is 20.2. The van der Waals surface area contributed by atoms with Gasteiger partial charge in [-0.1, -0.05) is 18.0 Å². The average Bonchev–Trinajstić information content (AvgIpc) is 2.88. The van der Waals surface area contributed by atoms with Crippen molar-refractivity contribution < 1.29 is 9.32 Å². The van der Waals surface area contributed by atoms with Crippen molar-refractivity contribution in [3.63, 3.8) is 0 Å². The van der Waals surface area contributed by atoms with Crippen LogP contribution in [-0.4, -0.2) is 28.1 Å². The van der Waals surface area contributed by atoms with E-state index in [1.54, 1.807) is 0 Å². The molecule has 2 N–H and O–H groups in total. The standard InChI is InChI=1S/C12H18N4O2/c17-12(14-9-5-6-9)11-15-10(18-16-11)7-13-8-3-1-2-4-8/h8-9,13H,1-7H2,(H,14,17). The summed E-state index contributed by atoms with van der Waals surface area (Å²) >= 11 is 0. The lowest BCUT2D eigenvalue weighted by Gasteiger charge is -2.08. The smallest absolute Gasteiger partial charge is 0.292 e. The van der Waals surface area contributed by atoms with Crippen LogP contribution in [0.4, 0.5) is 0 Å². The highest BCUT2D eigenvalue weighted by Crippen LogP contribution is 2.19. The first-order valence-corrected chi connectivity index (χ1v) is 6.68. The van der Waals surface area contributed by atoms with Gasteiger partial charge in [-0.2, -0.15) is 4.98 Å². The predicted molar refractivity (Wildman–Crippen MR) is 63.9 cm³/mol. The van der Waals surface area contributed by atoms with Gasteiger partial charge in [0.15, 0.2) is 0 Å². The summed E-state index contributed by atoms with van der Waals surface area (Å²) in [5, 5.41) is 9.92. The van der Waals surface area contributed by atoms with Gasteiger partial charge in [0.2, 0.25) is 5.89 Å². The number of nitrogens with zero attached hydrogens (tertiary/aromatic N) is 2. The molecule has 0 aromatic carbocycles. The van der Waals surface area contributed by atoms with Crippen LogP contribution >= 0.6 is 0 Å². The van der Waals surface area contributed by atoms with Crippen molar-refractivity contribution in [2.45, 2.75) is 57.2 Å². The number of hydrogen-bond donors (Lipinski definition) is 2. The second-order valence-corrected chi connectivity index (χ2v) is 5.12. The average molecular weight is 250 g/mol. The van der Waals surface area contributed by atoms with E-state index in [2.05, 4.69) is 20.8 Å². The molecule has 1 heterocycles. The van der Waals surface area contributed by atoms with E-state index in [9.17, 15) is 4.79 Å². The minimum absolute atomic E-state index is 0.144. The van der Waals surface area contributed by atoms with Crippen molar-refractivity contribution in [1.29, 1.82) is 0 Å². The van der Waals surface area contributed by atoms with Crippen LogP contribution in [0.3, 0.4) is 0 Å². The molecule has 0 unspecified atom stereocenters. The van der Waals surface area contributed by atoms with E-state index in [1.807, 2.05) is 0 Å². The fourth-order valence-corrected chi connectivity index (χ4v) is 2.26. The summed E-state index contributed by atoms with van der Waals surface area (Å²) in [5.74, 6) is 0.404. The van der Waals surface area contributed by atoms with Gasteiger partial charge in [0.25, 0.3) is 11.7 Å². The topological polar surface area (TPSA) is 80.0 Å². The highest BCUT2D eigenvalue weighted by atomic mass is 16.5. The molecule has 1 aromatic rings. The predicted octanol–water partition coefficient (Wildman–Crippen LogP) is 0.994. The molecule has 0 radical (unpaired) electrons. The first-order valence-electron chi connectivity index (χ1n) is 6.68. The Morgan fingerprint density at radius 1 is 1.22 bits per heavy atom. The maximum Gasteiger partial charge on any atom is 0.292 e. The van der Waals surface area contributed by atoms with E-state index < -0.39 is 0 Å². The van der Waals surface area contributed by atoms with Crippen LogP contribution in [0, 0.1) is 0 Å². The molecule has 6 heteroatoms. The molecular weight excluding hydrogens is 232 g/mol. The van der Waals surface area contributed by atoms with Gasteiger partial charge in [0.1, 0.15) is 0 Å². The molecule has 6 nitrogen and oxygen atoms in total. The molecule has 1 amide bonds. The van der Waals surface area contributed by atoms with Crippen molar-refractivity contribution in [1.82, 2.24) is 20.8 Å². The van der Waals surface area contributed by atoms with E-state index in [-0.39, 0.29) is 11.7 Å². The Balaban J connectivity index is 1.50. The quantitative estimate of drug-likeness (QED) is 0.814. The Morgan fingerprint density at radius 3 is 2.72 bits per heavy atom. The van der Waals surface area contributed by atoms with Crippen molar-refractivity contribution in [3.05, 3.63) is 11.7 Å². The molecule has 0 atom stereocenters. The molecule has 2 aliphatic rings. The zero-order valence-corrected chi connectivity index (χ0v) is 10.3. The van der Waals surface area contributed by atoms with E-state index in [1.165, 1.54) is 25.7 Å². The summed E-state index contributed by atoms with van der Waals surface area (Å²) in [6.45, 7) is 0.550. The van der Waals surface area contributed by atoms with Crippen molar-refractivity contribution in [3.8, 4) is 0 Å². The Hall–Kier alpha value is -1.43. The highest BCUT2D eigenvalue weighted by Gasteiger charge is 2.26. The van der Waals surface area contributed by atoms with Gasteiger partial charge in [0, 0.05) is 12.1 Å². The first kappa shape index (κ1) is 11.6. The molecule has 2 aliphatic carbocycles. The molecule has 0 saturated heterocycles. The number of amides is 1. The van der Waals surface area contributed by atoms with Gasteiger partial charge in [0.05, 0.1) is 6.54 Å². The van der Waals surface area contributed by atoms with Crippen LogP contribution in [-0.2, 0) is 6.54 Å². The third kappa shape index (κ3) is 2.87. The summed E-state index contributed by atoms with van der Waals surface area (Å²) in [6.07, 6.45) is 7.11. The number of nitrogens with one attached hydrogen (secondary N) is 2.